The lowest BCUT2D eigenvalue weighted by Crippen LogP contribution is -2.25. The van der Waals surface area contributed by atoms with Crippen LogP contribution in [-0.2, 0) is 0 Å². The summed E-state index contributed by atoms with van der Waals surface area (Å²) >= 11 is 0. The molecule has 0 amide bonds. The highest BCUT2D eigenvalue weighted by atomic mass is 15.3. The van der Waals surface area contributed by atoms with Crippen LogP contribution in [0.25, 0.3) is 0 Å². The van der Waals surface area contributed by atoms with E-state index in [1.165, 1.54) is 38.8 Å². The van der Waals surface area contributed by atoms with Crippen molar-refractivity contribution >= 4 is 5.71 Å². The third-order valence-corrected chi connectivity index (χ3v) is 3.84. The lowest BCUT2D eigenvalue weighted by Gasteiger charge is -2.09. The summed E-state index contributed by atoms with van der Waals surface area (Å²) in [6.07, 6.45) is 5.20. The molecule has 0 aromatic carbocycles. The molecule has 3 heteroatoms. The van der Waals surface area contributed by atoms with Crippen LogP contribution in [0.2, 0.25) is 0 Å². The van der Waals surface area contributed by atoms with E-state index >= 15 is 0 Å². The van der Waals surface area contributed by atoms with E-state index in [1.54, 1.807) is 5.71 Å². The molecule has 0 N–H and O–H groups in total. The third kappa shape index (κ3) is 3.79. The molecular weight excluding hydrogens is 222 g/mol. The molecule has 0 saturated heterocycles. The summed E-state index contributed by atoms with van der Waals surface area (Å²) in [6.45, 7) is 7.03. The Labute approximate surface area is 113 Å². The van der Waals surface area contributed by atoms with Crippen LogP contribution in [0, 0.1) is 0 Å². The van der Waals surface area contributed by atoms with Crippen molar-refractivity contribution in [2.75, 3.05) is 41.3 Å². The van der Waals surface area contributed by atoms with Gasteiger partial charge < -0.3 is 0 Å². The van der Waals surface area contributed by atoms with Crippen molar-refractivity contribution in [2.24, 2.45) is 0 Å². The molecule has 0 aliphatic heterocycles. The summed E-state index contributed by atoms with van der Waals surface area (Å²) in [5, 5.41) is 0. The molecule has 0 aromatic rings. The molecule has 0 spiro atoms. The highest BCUT2D eigenvalue weighted by Crippen LogP contribution is 2.27. The number of nitrogens with zero attached hydrogens (tertiary/aromatic N) is 3. The fourth-order valence-electron chi connectivity index (χ4n) is 2.76. The van der Waals surface area contributed by atoms with E-state index in [1.807, 2.05) is 0 Å². The normalized spacial score (nSPS) is 23.0. The van der Waals surface area contributed by atoms with E-state index in [9.17, 15) is 0 Å². The van der Waals surface area contributed by atoms with Crippen molar-refractivity contribution in [3.05, 3.63) is 0 Å². The Morgan fingerprint density at radius 3 is 1.50 bits per heavy atom. The Bertz CT molecular complexity index is 255. The Kier molecular flexibility index (Phi) is 6.30. The van der Waals surface area contributed by atoms with Gasteiger partial charge in [-0.05, 0) is 28.2 Å². The summed E-state index contributed by atoms with van der Waals surface area (Å²) in [7, 11) is 8.80. The van der Waals surface area contributed by atoms with E-state index in [4.69, 9.17) is 0 Å². The molecule has 1 fully saturated rings. The largest absolute Gasteiger partial charge is 0.296 e. The first kappa shape index (κ1) is 15.6. The van der Waals surface area contributed by atoms with Crippen LogP contribution in [0.15, 0.2) is 0 Å². The van der Waals surface area contributed by atoms with Gasteiger partial charge in [-0.1, -0.05) is 26.7 Å². The van der Waals surface area contributed by atoms with Crippen molar-refractivity contribution in [3.8, 4) is 0 Å². The van der Waals surface area contributed by atoms with E-state index in [0.717, 1.165) is 0 Å². The molecule has 1 aliphatic carbocycles. The number of hydrogen-bond donors (Lipinski definition) is 0. The van der Waals surface area contributed by atoms with Crippen LogP contribution in [0.1, 0.15) is 39.5 Å². The van der Waals surface area contributed by atoms with Gasteiger partial charge >= 0.3 is 0 Å². The Balaban J connectivity index is 2.81. The number of rotatable bonds is 8. The first-order chi connectivity index (χ1) is 8.54. The minimum Gasteiger partial charge on any atom is -0.296 e. The summed E-state index contributed by atoms with van der Waals surface area (Å²) in [5.74, 6) is 0. The quantitative estimate of drug-likeness (QED) is 0.612. The minimum atomic E-state index is 0.633. The zero-order valence-electron chi connectivity index (χ0n) is 13.2. The van der Waals surface area contributed by atoms with Crippen molar-refractivity contribution in [1.82, 2.24) is 9.80 Å². The number of hydrogen-bond acceptors (Lipinski definition) is 2. The van der Waals surface area contributed by atoms with E-state index < -0.39 is 0 Å². The first-order valence-corrected chi connectivity index (χ1v) is 7.49. The third-order valence-electron chi connectivity index (χ3n) is 3.84. The zero-order valence-corrected chi connectivity index (χ0v) is 13.2. The second-order valence-electron chi connectivity index (χ2n) is 5.94. The molecule has 0 radical (unpaired) electrons. The van der Waals surface area contributed by atoms with Gasteiger partial charge in [0.25, 0.3) is 0 Å². The van der Waals surface area contributed by atoms with Gasteiger partial charge in [-0.2, -0.15) is 0 Å². The van der Waals surface area contributed by atoms with Gasteiger partial charge in [0.15, 0.2) is 5.71 Å². The molecule has 0 heterocycles. The predicted molar refractivity (Wildman–Crippen MR) is 79.8 cm³/mol. The average molecular weight is 254 g/mol. The number of unbranched alkanes of at least 4 members (excludes halogenated alkanes) is 2. The minimum absolute atomic E-state index is 0.633. The van der Waals surface area contributed by atoms with Crippen LogP contribution in [0.5, 0.6) is 0 Å². The summed E-state index contributed by atoms with van der Waals surface area (Å²) in [4.78, 5) is 4.73. The highest BCUT2D eigenvalue weighted by Gasteiger charge is 2.56. The molecule has 1 rings (SSSR count). The second-order valence-corrected chi connectivity index (χ2v) is 5.94. The van der Waals surface area contributed by atoms with Crippen LogP contribution >= 0.6 is 0 Å². The highest BCUT2D eigenvalue weighted by molar-refractivity contribution is 6.07. The van der Waals surface area contributed by atoms with Gasteiger partial charge in [0, 0.05) is 12.8 Å². The summed E-state index contributed by atoms with van der Waals surface area (Å²) < 4.78 is 2.66. The first-order valence-electron chi connectivity index (χ1n) is 7.49. The zero-order chi connectivity index (χ0) is 13.7. The standard InChI is InChI=1S/C15H32N3/c1-7-9-11-18(12-10-8-2)15-13(16(3)4)14(15)17(5)6/h13-14H,7-12H2,1-6H3/q+1. The Hall–Kier alpha value is -0.410. The number of likely N-dealkylation sites (N-methyl/N-ethyl adjacent to an activating group) is 2. The molecule has 18 heavy (non-hydrogen) atoms. The molecular formula is C15H32N3+. The van der Waals surface area contributed by atoms with Crippen molar-refractivity contribution < 1.29 is 4.58 Å². The molecule has 2 unspecified atom stereocenters. The Morgan fingerprint density at radius 2 is 1.22 bits per heavy atom. The maximum absolute atomic E-state index is 2.66. The van der Waals surface area contributed by atoms with Crippen molar-refractivity contribution in [1.29, 1.82) is 0 Å². The van der Waals surface area contributed by atoms with Gasteiger partial charge in [0.1, 0.15) is 25.2 Å². The molecule has 3 nitrogen and oxygen atoms in total. The van der Waals surface area contributed by atoms with Gasteiger partial charge in [0.05, 0.1) is 0 Å². The second kappa shape index (κ2) is 7.25. The SMILES string of the molecule is CCCC[N+](CCCC)=C1C(N(C)C)C1N(C)C. The fraction of sp³-hybridized carbons (Fsp3) is 0.933. The van der Waals surface area contributed by atoms with Crippen molar-refractivity contribution in [3.63, 3.8) is 0 Å². The van der Waals surface area contributed by atoms with Gasteiger partial charge in [-0.15, -0.1) is 0 Å². The van der Waals surface area contributed by atoms with Crippen LogP contribution in [-0.4, -0.2) is 73.5 Å². The molecule has 1 aliphatic rings. The lowest BCUT2D eigenvalue weighted by atomic mass is 10.3. The monoisotopic (exact) mass is 254 g/mol. The maximum atomic E-state index is 2.66. The molecule has 0 bridgehead atoms. The topological polar surface area (TPSA) is 9.49 Å². The van der Waals surface area contributed by atoms with Gasteiger partial charge in [-0.3, -0.25) is 9.80 Å². The smallest absolute Gasteiger partial charge is 0.191 e. The van der Waals surface area contributed by atoms with Gasteiger partial charge in [0.2, 0.25) is 0 Å². The Morgan fingerprint density at radius 1 is 0.833 bits per heavy atom. The summed E-state index contributed by atoms with van der Waals surface area (Å²) in [6, 6.07) is 1.27. The fourth-order valence-corrected chi connectivity index (χ4v) is 2.76. The van der Waals surface area contributed by atoms with Gasteiger partial charge in [-0.25, -0.2) is 4.58 Å². The lowest BCUT2D eigenvalue weighted by molar-refractivity contribution is -0.528. The van der Waals surface area contributed by atoms with Crippen LogP contribution < -0.4 is 0 Å². The predicted octanol–water partition coefficient (Wildman–Crippen LogP) is 1.91. The van der Waals surface area contributed by atoms with Crippen LogP contribution in [0.4, 0.5) is 0 Å². The molecule has 0 aromatic heterocycles. The van der Waals surface area contributed by atoms with E-state index in [0.29, 0.717) is 12.1 Å². The maximum Gasteiger partial charge on any atom is 0.191 e. The molecule has 1 saturated carbocycles. The van der Waals surface area contributed by atoms with Crippen molar-refractivity contribution in [2.45, 2.75) is 51.6 Å². The summed E-state index contributed by atoms with van der Waals surface area (Å²) in [5.41, 5.74) is 1.65. The van der Waals surface area contributed by atoms with E-state index in [-0.39, 0.29) is 0 Å². The average Bonchev–Trinajstić information content (AvgIpc) is 3.04. The molecule has 106 valence electrons. The molecule has 2 atom stereocenters. The van der Waals surface area contributed by atoms with E-state index in [2.05, 4.69) is 56.4 Å². The van der Waals surface area contributed by atoms with Crippen LogP contribution in [0.3, 0.4) is 0 Å².